The fourth-order valence-corrected chi connectivity index (χ4v) is 3.28. The highest BCUT2D eigenvalue weighted by Gasteiger charge is 2.37. The van der Waals surface area contributed by atoms with E-state index in [0.717, 1.165) is 24.6 Å². The molecular weight excluding hydrogens is 230 g/mol. The Morgan fingerprint density at radius 3 is 2.89 bits per heavy atom. The lowest BCUT2D eigenvalue weighted by Gasteiger charge is -2.27. The zero-order valence-electron chi connectivity index (χ0n) is 10.2. The number of fused-ring (bicyclic) bond motifs is 2. The van der Waals surface area contributed by atoms with Crippen LogP contribution < -0.4 is 5.73 Å². The van der Waals surface area contributed by atoms with Crippen molar-refractivity contribution in [3.8, 4) is 0 Å². The Labute approximate surface area is 106 Å². The van der Waals surface area contributed by atoms with Gasteiger partial charge in [0.25, 0.3) is 5.69 Å². The summed E-state index contributed by atoms with van der Waals surface area (Å²) < 4.78 is 0. The molecular formula is C13H17N3O2. The molecule has 2 bridgehead atoms. The van der Waals surface area contributed by atoms with Crippen molar-refractivity contribution in [1.82, 2.24) is 4.90 Å². The molecule has 1 aromatic rings. The van der Waals surface area contributed by atoms with Crippen LogP contribution in [0.1, 0.15) is 24.8 Å². The minimum atomic E-state index is -0.362. The van der Waals surface area contributed by atoms with Gasteiger partial charge in [-0.15, -0.1) is 0 Å². The number of likely N-dealkylation sites (tertiary alicyclic amines) is 1. The molecule has 18 heavy (non-hydrogen) atoms. The lowest BCUT2D eigenvalue weighted by Crippen LogP contribution is -2.31. The van der Waals surface area contributed by atoms with Gasteiger partial charge >= 0.3 is 0 Å². The van der Waals surface area contributed by atoms with Crippen molar-refractivity contribution in [3.63, 3.8) is 0 Å². The Morgan fingerprint density at radius 2 is 2.28 bits per heavy atom. The van der Waals surface area contributed by atoms with Crippen molar-refractivity contribution in [1.29, 1.82) is 0 Å². The summed E-state index contributed by atoms with van der Waals surface area (Å²) in [6.45, 7) is 1.86. The second-order valence-electron chi connectivity index (χ2n) is 5.40. The molecule has 2 atom stereocenters. The average Bonchev–Trinajstić information content (AvgIpc) is 2.93. The van der Waals surface area contributed by atoms with E-state index in [1.54, 1.807) is 12.1 Å². The van der Waals surface area contributed by atoms with Gasteiger partial charge in [-0.25, -0.2) is 0 Å². The number of non-ortho nitro benzene ring substituents is 1. The van der Waals surface area contributed by atoms with Gasteiger partial charge in [0.15, 0.2) is 0 Å². The first-order chi connectivity index (χ1) is 8.63. The number of nitrogen functional groups attached to an aromatic ring is 1. The summed E-state index contributed by atoms with van der Waals surface area (Å²) in [6, 6.07) is 5.38. The summed E-state index contributed by atoms with van der Waals surface area (Å²) in [4.78, 5) is 12.8. The normalized spacial score (nSPS) is 26.7. The van der Waals surface area contributed by atoms with Crippen molar-refractivity contribution in [2.24, 2.45) is 5.92 Å². The zero-order valence-corrected chi connectivity index (χ0v) is 10.2. The number of anilines is 1. The van der Waals surface area contributed by atoms with Gasteiger partial charge in [0.2, 0.25) is 0 Å². The highest BCUT2D eigenvalue weighted by atomic mass is 16.6. The van der Waals surface area contributed by atoms with E-state index < -0.39 is 0 Å². The third kappa shape index (κ3) is 1.95. The lowest BCUT2D eigenvalue weighted by molar-refractivity contribution is -0.384. The van der Waals surface area contributed by atoms with Gasteiger partial charge in [-0.1, -0.05) is 0 Å². The van der Waals surface area contributed by atoms with Gasteiger partial charge in [-0.05, 0) is 36.8 Å². The number of piperidine rings is 1. The first-order valence-electron chi connectivity index (χ1n) is 6.40. The second kappa shape index (κ2) is 4.24. The van der Waals surface area contributed by atoms with E-state index in [9.17, 15) is 10.1 Å². The first kappa shape index (κ1) is 11.5. The molecule has 1 aliphatic carbocycles. The summed E-state index contributed by atoms with van der Waals surface area (Å²) in [5.74, 6) is 0.829. The zero-order chi connectivity index (χ0) is 12.7. The summed E-state index contributed by atoms with van der Waals surface area (Å²) in [5.41, 5.74) is 7.59. The lowest BCUT2D eigenvalue weighted by atomic mass is 10.1. The number of nitrogens with two attached hydrogens (primary N) is 1. The quantitative estimate of drug-likeness (QED) is 0.504. The molecule has 0 amide bonds. The monoisotopic (exact) mass is 247 g/mol. The number of nitro groups is 1. The van der Waals surface area contributed by atoms with Gasteiger partial charge in [0.1, 0.15) is 0 Å². The summed E-state index contributed by atoms with van der Waals surface area (Å²) in [6.07, 6.45) is 3.89. The van der Waals surface area contributed by atoms with E-state index >= 15 is 0 Å². The third-order valence-corrected chi connectivity index (χ3v) is 4.23. The third-order valence-electron chi connectivity index (χ3n) is 4.23. The maximum atomic E-state index is 10.8. The van der Waals surface area contributed by atoms with E-state index in [0.29, 0.717) is 11.7 Å². The van der Waals surface area contributed by atoms with Crippen LogP contribution in [-0.2, 0) is 6.54 Å². The van der Waals surface area contributed by atoms with E-state index in [2.05, 4.69) is 4.90 Å². The van der Waals surface area contributed by atoms with E-state index in [-0.39, 0.29) is 10.6 Å². The molecule has 1 aliphatic heterocycles. The maximum Gasteiger partial charge on any atom is 0.269 e. The van der Waals surface area contributed by atoms with E-state index in [1.165, 1.54) is 25.3 Å². The number of hydrogen-bond acceptors (Lipinski definition) is 4. The predicted octanol–water partition coefficient (Wildman–Crippen LogP) is 2.16. The minimum absolute atomic E-state index is 0.128. The summed E-state index contributed by atoms with van der Waals surface area (Å²) in [5, 5.41) is 10.8. The first-order valence-corrected chi connectivity index (χ1v) is 6.40. The molecule has 0 radical (unpaired) electrons. The van der Waals surface area contributed by atoms with Crippen LogP contribution in [0, 0.1) is 16.0 Å². The van der Waals surface area contributed by atoms with Crippen LogP contribution in [0.4, 0.5) is 11.4 Å². The van der Waals surface area contributed by atoms with Gasteiger partial charge in [0, 0.05) is 37.0 Å². The summed E-state index contributed by atoms with van der Waals surface area (Å²) >= 11 is 0. The smallest absolute Gasteiger partial charge is 0.269 e. The van der Waals surface area contributed by atoms with Crippen LogP contribution >= 0.6 is 0 Å². The molecule has 2 N–H and O–H groups in total. The Balaban J connectivity index is 1.79. The highest BCUT2D eigenvalue weighted by Crippen LogP contribution is 2.38. The molecule has 1 heterocycles. The Morgan fingerprint density at radius 1 is 1.44 bits per heavy atom. The molecule has 1 saturated heterocycles. The fourth-order valence-electron chi connectivity index (χ4n) is 3.28. The number of nitrogens with zero attached hydrogens (tertiary/aromatic N) is 2. The average molecular weight is 247 g/mol. The van der Waals surface area contributed by atoms with E-state index in [1.807, 2.05) is 0 Å². The number of benzene rings is 1. The van der Waals surface area contributed by atoms with Crippen molar-refractivity contribution in [2.45, 2.75) is 31.8 Å². The van der Waals surface area contributed by atoms with Gasteiger partial charge in [0.05, 0.1) is 4.92 Å². The number of hydrogen-bond donors (Lipinski definition) is 1. The molecule has 2 aliphatic rings. The molecule has 0 aromatic heterocycles. The summed E-state index contributed by atoms with van der Waals surface area (Å²) in [7, 11) is 0. The van der Waals surface area contributed by atoms with Crippen LogP contribution in [0.5, 0.6) is 0 Å². The Kier molecular flexibility index (Phi) is 2.70. The molecule has 1 aromatic carbocycles. The van der Waals surface area contributed by atoms with Gasteiger partial charge < -0.3 is 5.73 Å². The van der Waals surface area contributed by atoms with Crippen LogP contribution in [0.15, 0.2) is 18.2 Å². The molecule has 5 heteroatoms. The molecule has 2 unspecified atom stereocenters. The largest absolute Gasteiger partial charge is 0.398 e. The maximum absolute atomic E-state index is 10.8. The molecule has 5 nitrogen and oxygen atoms in total. The van der Waals surface area contributed by atoms with Crippen LogP contribution in [0.3, 0.4) is 0 Å². The van der Waals surface area contributed by atoms with Crippen LogP contribution in [-0.4, -0.2) is 22.4 Å². The van der Waals surface area contributed by atoms with Crippen LogP contribution in [0.2, 0.25) is 0 Å². The van der Waals surface area contributed by atoms with E-state index in [4.69, 9.17) is 5.73 Å². The molecule has 0 spiro atoms. The molecule has 2 fully saturated rings. The minimum Gasteiger partial charge on any atom is -0.398 e. The standard InChI is InChI=1S/C13H17N3O2/c14-13-4-3-12(16(17)18)6-10(13)8-15-7-9-1-2-11(15)5-9/h3-4,6,9,11H,1-2,5,7-8,14H2. The SMILES string of the molecule is Nc1ccc([N+](=O)[O-])cc1CN1CC2CCC1C2. The molecule has 1 saturated carbocycles. The van der Waals surface area contributed by atoms with Crippen molar-refractivity contribution in [2.75, 3.05) is 12.3 Å². The fraction of sp³-hybridized carbons (Fsp3) is 0.538. The van der Waals surface area contributed by atoms with Crippen molar-refractivity contribution < 1.29 is 4.92 Å². The number of nitro benzene ring substituents is 1. The molecule has 3 rings (SSSR count). The van der Waals surface area contributed by atoms with Gasteiger partial charge in [-0.2, -0.15) is 0 Å². The van der Waals surface area contributed by atoms with Crippen molar-refractivity contribution in [3.05, 3.63) is 33.9 Å². The topological polar surface area (TPSA) is 72.4 Å². The Bertz CT molecular complexity index is 489. The second-order valence-corrected chi connectivity index (χ2v) is 5.40. The van der Waals surface area contributed by atoms with Gasteiger partial charge in [-0.3, -0.25) is 15.0 Å². The Hall–Kier alpha value is -1.62. The number of rotatable bonds is 3. The van der Waals surface area contributed by atoms with Crippen molar-refractivity contribution >= 4 is 11.4 Å². The predicted molar refractivity (Wildman–Crippen MR) is 69.0 cm³/mol. The highest BCUT2D eigenvalue weighted by molar-refractivity contribution is 5.52. The molecule has 96 valence electrons. The van der Waals surface area contributed by atoms with Crippen LogP contribution in [0.25, 0.3) is 0 Å².